The molecule has 34 heavy (non-hydrogen) atoms. The van der Waals surface area contributed by atoms with Gasteiger partial charge in [0.1, 0.15) is 5.71 Å². The highest BCUT2D eigenvalue weighted by atomic mass is 79.9. The molecule has 0 unspecified atom stereocenters. The smallest absolute Gasteiger partial charge is 0.259 e. The maximum absolute atomic E-state index is 13.1. The van der Waals surface area contributed by atoms with Gasteiger partial charge in [-0.1, -0.05) is 60.7 Å². The largest absolute Gasteiger partial charge is 0.493 e. The van der Waals surface area contributed by atoms with Crippen LogP contribution in [0.1, 0.15) is 21.5 Å². The van der Waals surface area contributed by atoms with E-state index in [-0.39, 0.29) is 24.0 Å². The molecule has 0 heterocycles. The first kappa shape index (κ1) is 24.9. The summed E-state index contributed by atoms with van der Waals surface area (Å²) < 4.78 is 11.6. The van der Waals surface area contributed by atoms with Crippen LogP contribution in [0, 0.1) is 0 Å². The molecule has 174 valence electrons. The third-order valence-electron chi connectivity index (χ3n) is 4.75. The fourth-order valence-corrected chi connectivity index (χ4v) is 3.50. The van der Waals surface area contributed by atoms with E-state index < -0.39 is 0 Å². The van der Waals surface area contributed by atoms with Crippen LogP contribution >= 0.6 is 15.9 Å². The molecule has 0 spiro atoms. The molecule has 0 aliphatic heterocycles. The van der Waals surface area contributed by atoms with Crippen molar-refractivity contribution in [3.8, 4) is 11.5 Å². The summed E-state index contributed by atoms with van der Waals surface area (Å²) in [6.45, 7) is -0.123. The van der Waals surface area contributed by atoms with Crippen LogP contribution in [0.2, 0.25) is 0 Å². The van der Waals surface area contributed by atoms with Crippen LogP contribution in [0.3, 0.4) is 0 Å². The highest BCUT2D eigenvalue weighted by molar-refractivity contribution is 9.10. The molecule has 3 aromatic carbocycles. The van der Waals surface area contributed by atoms with Crippen LogP contribution in [0.25, 0.3) is 0 Å². The zero-order valence-corrected chi connectivity index (χ0v) is 20.7. The van der Waals surface area contributed by atoms with E-state index in [1.54, 1.807) is 50.5 Å². The van der Waals surface area contributed by atoms with Gasteiger partial charge in [-0.2, -0.15) is 5.10 Å². The van der Waals surface area contributed by atoms with E-state index >= 15 is 0 Å². The van der Waals surface area contributed by atoms with E-state index in [1.807, 2.05) is 36.4 Å². The summed E-state index contributed by atoms with van der Waals surface area (Å²) in [5.74, 6) is 0.431. The van der Waals surface area contributed by atoms with Gasteiger partial charge < -0.3 is 14.4 Å². The summed E-state index contributed by atoms with van der Waals surface area (Å²) in [7, 11) is 4.82. The minimum atomic E-state index is -0.225. The Morgan fingerprint density at radius 1 is 0.971 bits per heavy atom. The fourth-order valence-electron chi connectivity index (χ4n) is 2.93. The average molecular weight is 522 g/mol. The number of methoxy groups -OCH3 is 1. The monoisotopic (exact) mass is 521 g/mol. The number of rotatable bonds is 9. The average Bonchev–Trinajstić information content (AvgIpc) is 2.86. The summed E-state index contributed by atoms with van der Waals surface area (Å²) in [4.78, 5) is 26.4. The summed E-state index contributed by atoms with van der Waals surface area (Å²) in [5.41, 5.74) is 2.09. The Morgan fingerprint density at radius 3 is 2.18 bits per heavy atom. The number of hydrogen-bond donors (Lipinski definition) is 0. The molecular weight excluding hydrogens is 498 g/mol. The minimum absolute atomic E-state index is 0.123. The highest BCUT2D eigenvalue weighted by Gasteiger charge is 2.17. The van der Waals surface area contributed by atoms with Crippen LogP contribution in [-0.2, 0) is 4.79 Å². The van der Waals surface area contributed by atoms with Gasteiger partial charge in [0.2, 0.25) is 5.78 Å². The van der Waals surface area contributed by atoms with Gasteiger partial charge in [-0.05, 0) is 33.6 Å². The number of Topliss-reactive ketones (excluding diaryl/α,β-unsaturated/α-hetero) is 1. The van der Waals surface area contributed by atoms with Crippen LogP contribution < -0.4 is 9.47 Å². The van der Waals surface area contributed by atoms with Gasteiger partial charge in [0.15, 0.2) is 18.1 Å². The molecule has 3 rings (SSSR count). The van der Waals surface area contributed by atoms with Crippen molar-refractivity contribution in [2.75, 3.05) is 27.8 Å². The maximum Gasteiger partial charge on any atom is 0.259 e. The molecule has 0 saturated heterocycles. The van der Waals surface area contributed by atoms with Crippen molar-refractivity contribution in [1.29, 1.82) is 0 Å². The number of ether oxygens (including phenoxy) is 2. The van der Waals surface area contributed by atoms with Gasteiger partial charge in [-0.3, -0.25) is 9.59 Å². The van der Waals surface area contributed by atoms with Crippen LogP contribution in [0.4, 0.5) is 0 Å². The predicted molar refractivity (Wildman–Crippen MR) is 136 cm³/mol. The van der Waals surface area contributed by atoms with Crippen molar-refractivity contribution in [2.24, 2.45) is 10.2 Å². The van der Waals surface area contributed by atoms with Crippen molar-refractivity contribution in [3.63, 3.8) is 0 Å². The Bertz CT molecular complexity index is 1210. The lowest BCUT2D eigenvalue weighted by molar-refractivity contribution is -0.130. The quantitative estimate of drug-likeness (QED) is 0.233. The normalized spacial score (nSPS) is 11.4. The molecule has 3 aromatic rings. The predicted octanol–water partition coefficient (Wildman–Crippen LogP) is 4.63. The van der Waals surface area contributed by atoms with Crippen LogP contribution in [-0.4, -0.2) is 56.3 Å². The third kappa shape index (κ3) is 6.39. The Labute approximate surface area is 206 Å². The van der Waals surface area contributed by atoms with Crippen molar-refractivity contribution in [3.05, 3.63) is 94.0 Å². The molecule has 7 nitrogen and oxygen atoms in total. The lowest BCUT2D eigenvalue weighted by Crippen LogP contribution is -2.27. The molecule has 0 aromatic heterocycles. The summed E-state index contributed by atoms with van der Waals surface area (Å²) >= 11 is 3.46. The van der Waals surface area contributed by atoms with Gasteiger partial charge in [0.05, 0.1) is 17.8 Å². The molecule has 0 aliphatic carbocycles. The van der Waals surface area contributed by atoms with E-state index in [1.165, 1.54) is 18.2 Å². The zero-order chi connectivity index (χ0) is 24.5. The van der Waals surface area contributed by atoms with E-state index in [0.29, 0.717) is 32.7 Å². The first-order valence-corrected chi connectivity index (χ1v) is 11.2. The molecular formula is C26H24BrN3O4. The van der Waals surface area contributed by atoms with Crippen molar-refractivity contribution in [2.45, 2.75) is 0 Å². The molecule has 0 radical (unpaired) electrons. The first-order chi connectivity index (χ1) is 16.4. The van der Waals surface area contributed by atoms with Crippen molar-refractivity contribution in [1.82, 2.24) is 4.90 Å². The first-order valence-electron chi connectivity index (χ1n) is 10.4. The topological polar surface area (TPSA) is 80.6 Å². The van der Waals surface area contributed by atoms with E-state index in [2.05, 4.69) is 26.1 Å². The molecule has 0 aliphatic rings. The van der Waals surface area contributed by atoms with E-state index in [0.717, 1.165) is 0 Å². The number of halogens is 1. The standard InChI is InChI=1S/C26H24BrN3O4/c1-30(2)23(31)17-34-26-21(27)14-18(15-22(26)33-3)16-28-29-24(19-10-6-4-7-11-19)25(32)20-12-8-5-9-13-20/h4-16H,17H2,1-3H3. The van der Waals surface area contributed by atoms with Gasteiger partial charge in [0.25, 0.3) is 5.91 Å². The van der Waals surface area contributed by atoms with E-state index in [9.17, 15) is 9.59 Å². The maximum atomic E-state index is 13.1. The molecule has 0 saturated carbocycles. The zero-order valence-electron chi connectivity index (χ0n) is 19.1. The Balaban J connectivity index is 1.89. The van der Waals surface area contributed by atoms with Gasteiger partial charge >= 0.3 is 0 Å². The second kappa shape index (κ2) is 11.9. The minimum Gasteiger partial charge on any atom is -0.493 e. The summed E-state index contributed by atoms with van der Waals surface area (Å²) in [5, 5.41) is 8.42. The van der Waals surface area contributed by atoms with Crippen LogP contribution in [0.15, 0.2) is 87.5 Å². The third-order valence-corrected chi connectivity index (χ3v) is 5.34. The number of ketones is 1. The number of hydrogen-bond acceptors (Lipinski definition) is 6. The number of likely N-dealkylation sites (N-methyl/N-ethyl adjacent to an activating group) is 1. The van der Waals surface area contributed by atoms with E-state index in [4.69, 9.17) is 9.47 Å². The van der Waals surface area contributed by atoms with Crippen molar-refractivity contribution >= 4 is 39.5 Å². The summed E-state index contributed by atoms with van der Waals surface area (Å²) in [6, 6.07) is 21.6. The molecule has 0 fully saturated rings. The highest BCUT2D eigenvalue weighted by Crippen LogP contribution is 2.36. The number of nitrogens with zero attached hydrogens (tertiary/aromatic N) is 3. The summed E-state index contributed by atoms with van der Waals surface area (Å²) in [6.07, 6.45) is 1.52. The molecule has 0 atom stereocenters. The lowest BCUT2D eigenvalue weighted by atomic mass is 10.0. The lowest BCUT2D eigenvalue weighted by Gasteiger charge is -2.15. The molecule has 8 heteroatoms. The SMILES string of the molecule is COc1cc(C=NN=C(C(=O)c2ccccc2)c2ccccc2)cc(Br)c1OCC(=O)N(C)C. The molecule has 0 N–H and O–H groups in total. The molecule has 1 amide bonds. The second-order valence-corrected chi connectivity index (χ2v) is 8.22. The Kier molecular flexibility index (Phi) is 8.70. The van der Waals surface area contributed by atoms with Gasteiger partial charge in [0, 0.05) is 25.2 Å². The Hall–Kier alpha value is -3.78. The second-order valence-electron chi connectivity index (χ2n) is 7.37. The number of carbonyl (C=O) groups excluding carboxylic acids is 2. The number of carbonyl (C=O) groups is 2. The fraction of sp³-hybridized carbons (Fsp3) is 0.154. The van der Waals surface area contributed by atoms with Gasteiger partial charge in [-0.15, -0.1) is 5.10 Å². The van der Waals surface area contributed by atoms with Crippen molar-refractivity contribution < 1.29 is 19.1 Å². The number of amides is 1. The van der Waals surface area contributed by atoms with Gasteiger partial charge in [-0.25, -0.2) is 0 Å². The Morgan fingerprint density at radius 2 is 1.59 bits per heavy atom. The molecule has 0 bridgehead atoms. The van der Waals surface area contributed by atoms with Crippen LogP contribution in [0.5, 0.6) is 11.5 Å². The number of benzene rings is 3.